The van der Waals surface area contributed by atoms with Gasteiger partial charge in [0.1, 0.15) is 6.42 Å². The van der Waals surface area contributed by atoms with Gasteiger partial charge in [-0.25, -0.2) is 0 Å². The zero-order chi connectivity index (χ0) is 14.3. The highest BCUT2D eigenvalue weighted by molar-refractivity contribution is 9.10. The van der Waals surface area contributed by atoms with Gasteiger partial charge < -0.3 is 10.6 Å². The molecule has 0 unspecified atom stereocenters. The summed E-state index contributed by atoms with van der Waals surface area (Å²) in [5.41, 5.74) is 1.02. The molecule has 0 atom stereocenters. The number of hydrogen-bond donors (Lipinski definition) is 2. The Kier molecular flexibility index (Phi) is 6.87. The summed E-state index contributed by atoms with van der Waals surface area (Å²) in [6, 6.07) is 5.51. The Bertz CT molecular complexity index is 466. The van der Waals surface area contributed by atoms with E-state index in [1.165, 1.54) is 0 Å². The molecule has 1 aromatic rings. The third kappa shape index (κ3) is 6.07. The molecule has 0 saturated carbocycles. The van der Waals surface area contributed by atoms with Crippen LogP contribution in [0, 0.1) is 0 Å². The number of halogens is 2. The maximum absolute atomic E-state index is 11.5. The van der Waals surface area contributed by atoms with Crippen LogP contribution < -0.4 is 10.6 Å². The van der Waals surface area contributed by atoms with Crippen LogP contribution in [0.1, 0.15) is 18.9 Å². The van der Waals surface area contributed by atoms with Crippen LogP contribution in [0.2, 0.25) is 5.02 Å². The van der Waals surface area contributed by atoms with E-state index >= 15 is 0 Å². The lowest BCUT2D eigenvalue weighted by molar-refractivity contribution is -0.129. The van der Waals surface area contributed by atoms with Gasteiger partial charge in [-0.2, -0.15) is 0 Å². The molecular formula is C13H16BrClN2O2. The van der Waals surface area contributed by atoms with Gasteiger partial charge in [-0.1, -0.05) is 27.5 Å². The van der Waals surface area contributed by atoms with E-state index in [4.69, 9.17) is 11.6 Å². The van der Waals surface area contributed by atoms with Crippen molar-refractivity contribution in [2.24, 2.45) is 0 Å². The number of rotatable bonds is 6. The van der Waals surface area contributed by atoms with E-state index in [1.54, 1.807) is 6.07 Å². The summed E-state index contributed by atoms with van der Waals surface area (Å²) in [4.78, 5) is 22.6. The molecule has 2 amide bonds. The van der Waals surface area contributed by atoms with Crippen LogP contribution in [0.25, 0.3) is 0 Å². The number of nitrogens with one attached hydrogen (secondary N) is 2. The number of carbonyl (C=O) groups excluding carboxylic acids is 2. The summed E-state index contributed by atoms with van der Waals surface area (Å²) in [7, 11) is 0. The van der Waals surface area contributed by atoms with Gasteiger partial charge in [0, 0.05) is 22.6 Å². The summed E-state index contributed by atoms with van der Waals surface area (Å²) in [5.74, 6) is -0.534. The zero-order valence-electron chi connectivity index (χ0n) is 10.6. The SMILES string of the molecule is CCNC(=O)CC(=O)NCCc1cc(Cl)ccc1Br. The molecular weight excluding hydrogens is 332 g/mol. The van der Waals surface area contributed by atoms with Gasteiger partial charge in [-0.05, 0) is 37.1 Å². The first-order chi connectivity index (χ1) is 9.02. The molecule has 0 aliphatic carbocycles. The van der Waals surface area contributed by atoms with Crippen LogP contribution in [0.3, 0.4) is 0 Å². The van der Waals surface area contributed by atoms with Crippen LogP contribution in [0.5, 0.6) is 0 Å². The van der Waals surface area contributed by atoms with Gasteiger partial charge in [0.25, 0.3) is 0 Å². The molecule has 0 saturated heterocycles. The molecule has 1 aromatic carbocycles. The summed E-state index contributed by atoms with van der Waals surface area (Å²) < 4.78 is 0.954. The quantitative estimate of drug-likeness (QED) is 0.776. The molecule has 0 spiro atoms. The van der Waals surface area contributed by atoms with Crippen LogP contribution >= 0.6 is 27.5 Å². The third-order valence-corrected chi connectivity index (χ3v) is 3.43. The first-order valence-electron chi connectivity index (χ1n) is 6.00. The average Bonchev–Trinajstić information content (AvgIpc) is 2.33. The van der Waals surface area contributed by atoms with Crippen LogP contribution in [-0.4, -0.2) is 24.9 Å². The first kappa shape index (κ1) is 16.0. The predicted octanol–water partition coefficient (Wildman–Crippen LogP) is 2.29. The molecule has 0 radical (unpaired) electrons. The fraction of sp³-hybridized carbons (Fsp3) is 0.385. The topological polar surface area (TPSA) is 58.2 Å². The van der Waals surface area contributed by atoms with Crippen molar-refractivity contribution >= 4 is 39.3 Å². The Morgan fingerprint density at radius 2 is 1.95 bits per heavy atom. The lowest BCUT2D eigenvalue weighted by atomic mass is 10.1. The summed E-state index contributed by atoms with van der Waals surface area (Å²) in [5, 5.41) is 5.94. The highest BCUT2D eigenvalue weighted by atomic mass is 79.9. The molecule has 0 aliphatic heterocycles. The number of amides is 2. The standard InChI is InChI=1S/C13H16BrClN2O2/c1-2-16-12(18)8-13(19)17-6-5-9-7-10(15)3-4-11(9)14/h3-4,7H,2,5-6,8H2,1H3,(H,16,18)(H,17,19). The van der Waals surface area contributed by atoms with E-state index in [2.05, 4.69) is 26.6 Å². The molecule has 0 fully saturated rings. The Hall–Kier alpha value is -1.07. The van der Waals surface area contributed by atoms with Gasteiger partial charge in [0.05, 0.1) is 0 Å². The summed E-state index contributed by atoms with van der Waals surface area (Å²) in [6.45, 7) is 2.81. The Labute approximate surface area is 126 Å². The van der Waals surface area contributed by atoms with Gasteiger partial charge in [-0.15, -0.1) is 0 Å². The van der Waals surface area contributed by atoms with Crippen molar-refractivity contribution in [1.82, 2.24) is 10.6 Å². The van der Waals surface area contributed by atoms with E-state index in [0.29, 0.717) is 24.5 Å². The Balaban J connectivity index is 2.35. The largest absolute Gasteiger partial charge is 0.356 e. The minimum atomic E-state index is -0.274. The van der Waals surface area contributed by atoms with Crippen molar-refractivity contribution in [3.05, 3.63) is 33.3 Å². The van der Waals surface area contributed by atoms with Crippen molar-refractivity contribution in [2.45, 2.75) is 19.8 Å². The van der Waals surface area contributed by atoms with Crippen LogP contribution in [-0.2, 0) is 16.0 Å². The number of hydrogen-bond acceptors (Lipinski definition) is 2. The van der Waals surface area contributed by atoms with Gasteiger partial charge in [0.15, 0.2) is 0 Å². The van der Waals surface area contributed by atoms with E-state index in [9.17, 15) is 9.59 Å². The summed E-state index contributed by atoms with van der Waals surface area (Å²) >= 11 is 9.32. The second kappa shape index (κ2) is 8.17. The molecule has 6 heteroatoms. The molecule has 0 bridgehead atoms. The second-order valence-corrected chi connectivity index (χ2v) is 5.26. The molecule has 1 rings (SSSR count). The second-order valence-electron chi connectivity index (χ2n) is 3.97. The molecule has 104 valence electrons. The fourth-order valence-electron chi connectivity index (χ4n) is 1.54. The normalized spacial score (nSPS) is 10.1. The Morgan fingerprint density at radius 1 is 1.26 bits per heavy atom. The Morgan fingerprint density at radius 3 is 2.63 bits per heavy atom. The summed E-state index contributed by atoms with van der Waals surface area (Å²) in [6.07, 6.45) is 0.521. The van der Waals surface area contributed by atoms with E-state index in [0.717, 1.165) is 10.0 Å². The molecule has 0 heterocycles. The number of benzene rings is 1. The minimum Gasteiger partial charge on any atom is -0.356 e. The van der Waals surface area contributed by atoms with Crippen molar-refractivity contribution in [3.63, 3.8) is 0 Å². The van der Waals surface area contributed by atoms with Gasteiger partial charge in [-0.3, -0.25) is 9.59 Å². The fourth-order valence-corrected chi connectivity index (χ4v) is 2.18. The molecule has 19 heavy (non-hydrogen) atoms. The van der Waals surface area contributed by atoms with Crippen molar-refractivity contribution in [1.29, 1.82) is 0 Å². The molecule has 2 N–H and O–H groups in total. The van der Waals surface area contributed by atoms with Gasteiger partial charge >= 0.3 is 0 Å². The van der Waals surface area contributed by atoms with Gasteiger partial charge in [0.2, 0.25) is 11.8 Å². The maximum atomic E-state index is 11.5. The third-order valence-electron chi connectivity index (χ3n) is 2.42. The van der Waals surface area contributed by atoms with E-state index in [1.807, 2.05) is 19.1 Å². The predicted molar refractivity (Wildman–Crippen MR) is 79.2 cm³/mol. The average molecular weight is 348 g/mol. The highest BCUT2D eigenvalue weighted by Gasteiger charge is 2.08. The monoisotopic (exact) mass is 346 g/mol. The molecule has 4 nitrogen and oxygen atoms in total. The lowest BCUT2D eigenvalue weighted by Crippen LogP contribution is -2.32. The zero-order valence-corrected chi connectivity index (χ0v) is 13.0. The molecule has 0 aliphatic rings. The van der Waals surface area contributed by atoms with E-state index < -0.39 is 0 Å². The van der Waals surface area contributed by atoms with Crippen molar-refractivity contribution < 1.29 is 9.59 Å². The van der Waals surface area contributed by atoms with Crippen LogP contribution in [0.15, 0.2) is 22.7 Å². The number of carbonyl (C=O) groups is 2. The minimum absolute atomic E-state index is 0.134. The maximum Gasteiger partial charge on any atom is 0.229 e. The van der Waals surface area contributed by atoms with Crippen LogP contribution in [0.4, 0.5) is 0 Å². The van der Waals surface area contributed by atoms with Crippen molar-refractivity contribution in [2.75, 3.05) is 13.1 Å². The van der Waals surface area contributed by atoms with Crippen molar-refractivity contribution in [3.8, 4) is 0 Å². The molecule has 0 aromatic heterocycles. The smallest absolute Gasteiger partial charge is 0.229 e. The lowest BCUT2D eigenvalue weighted by Gasteiger charge is -2.07. The van der Waals surface area contributed by atoms with E-state index in [-0.39, 0.29) is 18.2 Å². The first-order valence-corrected chi connectivity index (χ1v) is 7.17. The highest BCUT2D eigenvalue weighted by Crippen LogP contribution is 2.21.